The normalized spacial score (nSPS) is 11.6. The molecule has 8 aromatic rings. The molecule has 7 aromatic carbocycles. The molecule has 8 rings (SSSR count). The Morgan fingerprint density at radius 3 is 1.05 bits per heavy atom. The molecule has 0 aliphatic carbocycles. The van der Waals surface area contributed by atoms with Gasteiger partial charge in [0, 0.05) is 16.4 Å². The minimum Gasteiger partial charge on any atom is -0.489 e. The van der Waals surface area contributed by atoms with Gasteiger partial charge in [-0.3, -0.25) is 0 Å². The Morgan fingerprint density at radius 2 is 0.703 bits per heavy atom. The highest BCUT2D eigenvalue weighted by Gasteiger charge is 2.27. The third-order valence-electron chi connectivity index (χ3n) is 12.2. The fourth-order valence-electron chi connectivity index (χ4n) is 7.96. The van der Waals surface area contributed by atoms with Crippen molar-refractivity contribution in [3.8, 4) is 46.1 Å². The van der Waals surface area contributed by atoms with Crippen molar-refractivity contribution in [2.75, 3.05) is 0 Å². The lowest BCUT2D eigenvalue weighted by molar-refractivity contribution is 0.304. The summed E-state index contributed by atoms with van der Waals surface area (Å²) in [6.45, 7) is 18.4. The van der Waals surface area contributed by atoms with Gasteiger partial charge in [-0.2, -0.15) is 9.97 Å². The Bertz CT molecular complexity index is 2700. The molecule has 0 saturated carbocycles. The Balaban J connectivity index is 0.998. The van der Waals surface area contributed by atoms with Crippen LogP contribution < -0.4 is 18.9 Å². The number of rotatable bonds is 15. The molecule has 0 aliphatic rings. The summed E-state index contributed by atoms with van der Waals surface area (Å²) in [6, 6.07) is 57.8. The van der Waals surface area contributed by atoms with Crippen molar-refractivity contribution in [1.29, 1.82) is 0 Å². The van der Waals surface area contributed by atoms with Crippen molar-refractivity contribution in [3.05, 3.63) is 225 Å². The van der Waals surface area contributed by atoms with Crippen LogP contribution in [0.1, 0.15) is 83.3 Å². The average Bonchev–Trinajstić information content (AvgIpc) is 3.30. The molecular weight excluding hydrogens is 789 g/mol. The van der Waals surface area contributed by atoms with Crippen LogP contribution in [0.2, 0.25) is 0 Å². The molecule has 1 heterocycles. The minimum atomic E-state index is -0.272. The highest BCUT2D eigenvalue weighted by Crippen LogP contribution is 2.39. The van der Waals surface area contributed by atoms with E-state index in [1.165, 1.54) is 22.3 Å². The summed E-state index contributed by atoms with van der Waals surface area (Å²) < 4.78 is 25.5. The van der Waals surface area contributed by atoms with Crippen LogP contribution in [0, 0.1) is 27.7 Å². The van der Waals surface area contributed by atoms with Crippen LogP contribution in [0.3, 0.4) is 0 Å². The standard InChI is InChI=1S/C58H56N2O4/c1-39-32-46(24-28-50(39)61-37-43-18-12-9-13-19-43)57(5,6)48-26-30-52(41(3)34-48)63-54-36-55(60-56(59-54)45-22-16-11-17-23-45)64-53-31-27-49(35-42(53)4)58(7,8)47-25-29-51(40(2)33-47)62-38-44-20-14-10-15-21-44/h9-36H,37-38H2,1-8H3. The lowest BCUT2D eigenvalue weighted by Gasteiger charge is -2.28. The first kappa shape index (κ1) is 43.5. The molecule has 0 spiro atoms. The van der Waals surface area contributed by atoms with Crippen LogP contribution >= 0.6 is 0 Å². The summed E-state index contributed by atoms with van der Waals surface area (Å²) in [5.41, 5.74) is 11.6. The van der Waals surface area contributed by atoms with Gasteiger partial charge in [-0.25, -0.2) is 0 Å². The Labute approximate surface area is 378 Å². The molecule has 0 aliphatic heterocycles. The highest BCUT2D eigenvalue weighted by atomic mass is 16.5. The molecule has 0 unspecified atom stereocenters. The SMILES string of the molecule is Cc1cc(C(C)(C)c2ccc(Oc3cc(Oc4ccc(C(C)(C)c5ccc(OCc6ccccc6)c(C)c5)cc4C)nc(-c4ccccc4)n3)c(C)c2)ccc1OCc1ccccc1. The van der Waals surface area contributed by atoms with Crippen LogP contribution in [-0.2, 0) is 24.0 Å². The zero-order valence-corrected chi connectivity index (χ0v) is 38.1. The van der Waals surface area contributed by atoms with Crippen LogP contribution in [0.25, 0.3) is 11.4 Å². The predicted octanol–water partition coefficient (Wildman–Crippen LogP) is 14.8. The van der Waals surface area contributed by atoms with Crippen LogP contribution in [0.4, 0.5) is 0 Å². The Morgan fingerprint density at radius 1 is 0.375 bits per heavy atom. The first-order valence-electron chi connectivity index (χ1n) is 21.9. The summed E-state index contributed by atoms with van der Waals surface area (Å²) in [6.07, 6.45) is 0. The van der Waals surface area contributed by atoms with Crippen molar-refractivity contribution in [3.63, 3.8) is 0 Å². The van der Waals surface area contributed by atoms with Crippen LogP contribution in [0.5, 0.6) is 34.8 Å². The van der Waals surface area contributed by atoms with E-state index in [2.05, 4.69) is 140 Å². The van der Waals surface area contributed by atoms with Gasteiger partial charge in [0.2, 0.25) is 11.8 Å². The van der Waals surface area contributed by atoms with E-state index in [1.807, 2.05) is 78.9 Å². The number of ether oxygens (including phenoxy) is 4. The molecule has 322 valence electrons. The summed E-state index contributed by atoms with van der Waals surface area (Å²) in [4.78, 5) is 9.72. The van der Waals surface area contributed by atoms with Crippen molar-refractivity contribution in [2.24, 2.45) is 0 Å². The second-order valence-electron chi connectivity index (χ2n) is 17.7. The third-order valence-corrected chi connectivity index (χ3v) is 12.2. The van der Waals surface area contributed by atoms with Gasteiger partial charge in [0.05, 0.1) is 6.07 Å². The monoisotopic (exact) mass is 844 g/mol. The minimum absolute atomic E-state index is 0.272. The van der Waals surface area contributed by atoms with Crippen molar-refractivity contribution in [1.82, 2.24) is 9.97 Å². The Kier molecular flexibility index (Phi) is 12.7. The average molecular weight is 845 g/mol. The molecule has 64 heavy (non-hydrogen) atoms. The first-order chi connectivity index (χ1) is 30.8. The van der Waals surface area contributed by atoms with Gasteiger partial charge in [0.15, 0.2) is 5.82 Å². The largest absolute Gasteiger partial charge is 0.489 e. The molecular formula is C58H56N2O4. The zero-order valence-electron chi connectivity index (χ0n) is 38.1. The smallest absolute Gasteiger partial charge is 0.226 e. The summed E-state index contributed by atoms with van der Waals surface area (Å²) in [5.74, 6) is 4.49. The predicted molar refractivity (Wildman–Crippen MR) is 258 cm³/mol. The molecule has 0 N–H and O–H groups in total. The van der Waals surface area contributed by atoms with Gasteiger partial charge in [0.1, 0.15) is 36.2 Å². The van der Waals surface area contributed by atoms with Gasteiger partial charge >= 0.3 is 0 Å². The number of hydrogen-bond acceptors (Lipinski definition) is 6. The van der Waals surface area contributed by atoms with Crippen molar-refractivity contribution in [2.45, 2.75) is 79.4 Å². The van der Waals surface area contributed by atoms with Gasteiger partial charge < -0.3 is 18.9 Å². The molecule has 1 aromatic heterocycles. The molecule has 6 heteroatoms. The quantitative estimate of drug-likeness (QED) is 0.102. The van der Waals surface area contributed by atoms with Gasteiger partial charge in [0.25, 0.3) is 0 Å². The maximum absolute atomic E-state index is 6.56. The van der Waals surface area contributed by atoms with Gasteiger partial charge in [-0.1, -0.05) is 167 Å². The van der Waals surface area contributed by atoms with E-state index in [4.69, 9.17) is 28.9 Å². The maximum Gasteiger partial charge on any atom is 0.226 e. The fraction of sp³-hybridized carbons (Fsp3) is 0.207. The molecule has 0 saturated heterocycles. The molecule has 0 amide bonds. The zero-order chi connectivity index (χ0) is 44.8. The number of aryl methyl sites for hydroxylation is 4. The molecule has 6 nitrogen and oxygen atoms in total. The fourth-order valence-corrected chi connectivity index (χ4v) is 7.96. The third kappa shape index (κ3) is 9.87. The van der Waals surface area contributed by atoms with E-state index >= 15 is 0 Å². The molecule has 0 atom stereocenters. The highest BCUT2D eigenvalue weighted by molar-refractivity contribution is 5.57. The van der Waals surface area contributed by atoms with Gasteiger partial charge in [-0.05, 0) is 108 Å². The summed E-state index contributed by atoms with van der Waals surface area (Å²) in [5, 5.41) is 0. The van der Waals surface area contributed by atoms with Gasteiger partial charge in [-0.15, -0.1) is 0 Å². The number of aromatic nitrogens is 2. The van der Waals surface area contributed by atoms with Crippen LogP contribution in [-0.4, -0.2) is 9.97 Å². The lowest BCUT2D eigenvalue weighted by Crippen LogP contribution is -2.19. The summed E-state index contributed by atoms with van der Waals surface area (Å²) in [7, 11) is 0. The van der Waals surface area contributed by atoms with E-state index in [-0.39, 0.29) is 10.8 Å². The summed E-state index contributed by atoms with van der Waals surface area (Å²) >= 11 is 0. The van der Waals surface area contributed by atoms with Crippen molar-refractivity contribution < 1.29 is 18.9 Å². The number of hydrogen-bond donors (Lipinski definition) is 0. The van der Waals surface area contributed by atoms with E-state index in [0.717, 1.165) is 50.4 Å². The van der Waals surface area contributed by atoms with E-state index in [9.17, 15) is 0 Å². The first-order valence-corrected chi connectivity index (χ1v) is 21.9. The number of benzene rings is 7. The van der Waals surface area contributed by atoms with Crippen LogP contribution in [0.15, 0.2) is 170 Å². The number of nitrogens with zero attached hydrogens (tertiary/aromatic N) is 2. The molecule has 0 radical (unpaired) electrons. The maximum atomic E-state index is 6.56. The van der Waals surface area contributed by atoms with E-state index in [0.29, 0.717) is 42.3 Å². The molecule has 0 fully saturated rings. The molecule has 0 bridgehead atoms. The Hall–Kier alpha value is -7.18. The van der Waals surface area contributed by atoms with Crippen molar-refractivity contribution >= 4 is 0 Å². The topological polar surface area (TPSA) is 62.7 Å². The second kappa shape index (κ2) is 18.7. The van der Waals surface area contributed by atoms with E-state index in [1.54, 1.807) is 6.07 Å². The van der Waals surface area contributed by atoms with E-state index < -0.39 is 0 Å². The second-order valence-corrected chi connectivity index (χ2v) is 17.7. The lowest BCUT2D eigenvalue weighted by atomic mass is 9.77.